The van der Waals surface area contributed by atoms with E-state index < -0.39 is 0 Å². The van der Waals surface area contributed by atoms with E-state index in [9.17, 15) is 0 Å². The van der Waals surface area contributed by atoms with Crippen molar-refractivity contribution >= 4 is 22.8 Å². The Bertz CT molecular complexity index is 664. The maximum Gasteiger partial charge on any atom is 0.159 e. The first-order chi connectivity index (χ1) is 10.1. The fourth-order valence-corrected chi connectivity index (χ4v) is 3.84. The zero-order chi connectivity index (χ0) is 14.7. The zero-order valence-electron chi connectivity index (χ0n) is 13.0. The van der Waals surface area contributed by atoms with Crippen LogP contribution in [0.5, 0.6) is 0 Å². The second-order valence-corrected chi connectivity index (χ2v) is 7.35. The van der Waals surface area contributed by atoms with Crippen molar-refractivity contribution < 1.29 is 0 Å². The van der Waals surface area contributed by atoms with Gasteiger partial charge < -0.3 is 4.57 Å². The number of halogens is 1. The van der Waals surface area contributed by atoms with Crippen LogP contribution in [-0.4, -0.2) is 19.3 Å². The van der Waals surface area contributed by atoms with Crippen LogP contribution in [0.25, 0.3) is 11.2 Å². The molecular formula is C16H23ClN4. The van der Waals surface area contributed by atoms with Crippen LogP contribution < -0.4 is 0 Å². The summed E-state index contributed by atoms with van der Waals surface area (Å²) in [6.45, 7) is 7.12. The molecule has 21 heavy (non-hydrogen) atoms. The van der Waals surface area contributed by atoms with E-state index in [0.29, 0.717) is 6.04 Å². The van der Waals surface area contributed by atoms with E-state index in [4.69, 9.17) is 16.6 Å². The van der Waals surface area contributed by atoms with Gasteiger partial charge in [-0.1, -0.05) is 0 Å². The third-order valence-electron chi connectivity index (χ3n) is 4.93. The Labute approximate surface area is 130 Å². The summed E-state index contributed by atoms with van der Waals surface area (Å²) in [5.74, 6) is 2.69. The van der Waals surface area contributed by atoms with E-state index in [1.165, 1.54) is 31.3 Å². The molecule has 1 atom stereocenters. The summed E-state index contributed by atoms with van der Waals surface area (Å²) in [5, 5.41) is 4.61. The van der Waals surface area contributed by atoms with E-state index in [-0.39, 0.29) is 5.38 Å². The number of nitrogens with zero attached hydrogens (tertiary/aromatic N) is 4. The summed E-state index contributed by atoms with van der Waals surface area (Å²) in [4.78, 5) is 4.87. The molecule has 1 unspecified atom stereocenters. The van der Waals surface area contributed by atoms with Crippen LogP contribution in [-0.2, 0) is 6.54 Å². The number of rotatable bonds is 5. The molecule has 2 saturated carbocycles. The van der Waals surface area contributed by atoms with Crippen LogP contribution in [0, 0.1) is 18.8 Å². The van der Waals surface area contributed by atoms with Gasteiger partial charge in [0, 0.05) is 12.6 Å². The molecule has 0 spiro atoms. The lowest BCUT2D eigenvalue weighted by molar-refractivity contribution is 0.385. The molecule has 0 N–H and O–H groups in total. The Hall–Kier alpha value is -1.03. The maximum absolute atomic E-state index is 6.47. The Kier molecular flexibility index (Phi) is 3.07. The highest BCUT2D eigenvalue weighted by molar-refractivity contribution is 6.20. The molecule has 114 valence electrons. The molecule has 0 amide bonds. The SMILES string of the molecule is CCn1nc(C)c2nc(C(C)Cl)n(C(C3CC3)C3CC3)c21. The standard InChI is InChI=1S/C16H23ClN4/c1-4-20-16-13(10(3)19-20)18-15(9(2)17)21(16)14(11-5-6-11)12-7-8-12/h9,11-12,14H,4-8H2,1-3H3. The van der Waals surface area contributed by atoms with Gasteiger partial charge >= 0.3 is 0 Å². The second-order valence-electron chi connectivity index (χ2n) is 6.69. The first kappa shape index (κ1) is 13.6. The molecule has 4 nitrogen and oxygen atoms in total. The first-order valence-corrected chi connectivity index (χ1v) is 8.64. The molecule has 0 radical (unpaired) electrons. The van der Waals surface area contributed by atoms with Crippen molar-refractivity contribution in [3.8, 4) is 0 Å². The van der Waals surface area contributed by atoms with E-state index >= 15 is 0 Å². The lowest BCUT2D eigenvalue weighted by atomic mass is 10.1. The molecule has 0 aliphatic heterocycles. The lowest BCUT2D eigenvalue weighted by Gasteiger charge is -2.22. The van der Waals surface area contributed by atoms with Crippen LogP contribution in [0.4, 0.5) is 0 Å². The summed E-state index contributed by atoms with van der Waals surface area (Å²) in [5.41, 5.74) is 3.27. The Morgan fingerprint density at radius 2 is 1.86 bits per heavy atom. The average molecular weight is 307 g/mol. The topological polar surface area (TPSA) is 35.6 Å². The molecule has 2 aliphatic carbocycles. The summed E-state index contributed by atoms with van der Waals surface area (Å²) in [7, 11) is 0. The summed E-state index contributed by atoms with van der Waals surface area (Å²) in [6.07, 6.45) is 5.43. The normalized spacial score (nSPS) is 20.6. The van der Waals surface area contributed by atoms with Crippen molar-refractivity contribution in [2.24, 2.45) is 11.8 Å². The lowest BCUT2D eigenvalue weighted by Crippen LogP contribution is -2.19. The minimum Gasteiger partial charge on any atom is -0.308 e. The average Bonchev–Trinajstić information content (AvgIpc) is 3.35. The van der Waals surface area contributed by atoms with E-state index in [1.54, 1.807) is 0 Å². The number of alkyl halides is 1. The van der Waals surface area contributed by atoms with Crippen LogP contribution in [0.3, 0.4) is 0 Å². The number of aryl methyl sites for hydroxylation is 2. The molecule has 0 bridgehead atoms. The molecule has 2 aromatic rings. The minimum atomic E-state index is -0.0536. The number of fused-ring (bicyclic) bond motifs is 1. The number of imidazole rings is 1. The zero-order valence-corrected chi connectivity index (χ0v) is 13.8. The largest absolute Gasteiger partial charge is 0.308 e. The minimum absolute atomic E-state index is 0.0536. The molecule has 2 heterocycles. The Balaban J connectivity index is 1.96. The van der Waals surface area contributed by atoms with Gasteiger partial charge in [-0.15, -0.1) is 11.6 Å². The molecule has 2 aromatic heterocycles. The van der Waals surface area contributed by atoms with Crippen LogP contribution in [0.15, 0.2) is 0 Å². The van der Waals surface area contributed by atoms with Gasteiger partial charge in [0.15, 0.2) is 5.65 Å². The fraction of sp³-hybridized carbons (Fsp3) is 0.750. The van der Waals surface area contributed by atoms with E-state index in [2.05, 4.69) is 28.2 Å². The molecule has 5 heteroatoms. The van der Waals surface area contributed by atoms with Crippen LogP contribution in [0.2, 0.25) is 0 Å². The molecular weight excluding hydrogens is 284 g/mol. The number of hydrogen-bond donors (Lipinski definition) is 0. The van der Waals surface area contributed by atoms with Crippen molar-refractivity contribution in [2.45, 2.75) is 64.4 Å². The highest BCUT2D eigenvalue weighted by Gasteiger charge is 2.44. The second kappa shape index (κ2) is 4.73. The fourth-order valence-electron chi connectivity index (χ4n) is 3.68. The van der Waals surface area contributed by atoms with Gasteiger partial charge in [0.05, 0.1) is 11.1 Å². The quantitative estimate of drug-likeness (QED) is 0.775. The summed E-state index contributed by atoms with van der Waals surface area (Å²) in [6, 6.07) is 0.590. The highest BCUT2D eigenvalue weighted by Crippen LogP contribution is 2.53. The van der Waals surface area contributed by atoms with Crippen molar-refractivity contribution in [2.75, 3.05) is 0 Å². The van der Waals surface area contributed by atoms with E-state index in [0.717, 1.165) is 35.4 Å². The van der Waals surface area contributed by atoms with Crippen molar-refractivity contribution in [3.05, 3.63) is 11.5 Å². The first-order valence-electron chi connectivity index (χ1n) is 8.21. The summed E-state index contributed by atoms with van der Waals surface area (Å²) < 4.78 is 4.57. The Morgan fingerprint density at radius 3 is 2.33 bits per heavy atom. The van der Waals surface area contributed by atoms with Crippen molar-refractivity contribution in [1.29, 1.82) is 0 Å². The Morgan fingerprint density at radius 1 is 1.24 bits per heavy atom. The van der Waals surface area contributed by atoms with Crippen LogP contribution >= 0.6 is 11.6 Å². The molecule has 2 aliphatic rings. The molecule has 2 fully saturated rings. The number of aromatic nitrogens is 4. The molecule has 0 aromatic carbocycles. The predicted molar refractivity (Wildman–Crippen MR) is 84.7 cm³/mol. The summed E-state index contributed by atoms with van der Waals surface area (Å²) >= 11 is 6.47. The predicted octanol–water partition coefficient (Wildman–Crippen LogP) is 4.22. The van der Waals surface area contributed by atoms with Crippen molar-refractivity contribution in [1.82, 2.24) is 19.3 Å². The van der Waals surface area contributed by atoms with Gasteiger partial charge in [-0.3, -0.25) is 0 Å². The van der Waals surface area contributed by atoms with E-state index in [1.807, 2.05) is 6.92 Å². The maximum atomic E-state index is 6.47. The van der Waals surface area contributed by atoms with Crippen molar-refractivity contribution in [3.63, 3.8) is 0 Å². The van der Waals surface area contributed by atoms with Gasteiger partial charge in [-0.05, 0) is 58.3 Å². The van der Waals surface area contributed by atoms with Gasteiger partial charge in [0.2, 0.25) is 0 Å². The molecule has 4 rings (SSSR count). The number of hydrogen-bond acceptors (Lipinski definition) is 2. The van der Waals surface area contributed by atoms with Gasteiger partial charge in [-0.2, -0.15) is 5.10 Å². The van der Waals surface area contributed by atoms with Gasteiger partial charge in [0.25, 0.3) is 0 Å². The third kappa shape index (κ3) is 2.10. The van der Waals surface area contributed by atoms with Crippen LogP contribution in [0.1, 0.15) is 62.5 Å². The smallest absolute Gasteiger partial charge is 0.159 e. The van der Waals surface area contributed by atoms with Gasteiger partial charge in [0.1, 0.15) is 11.3 Å². The molecule has 0 saturated heterocycles. The highest BCUT2D eigenvalue weighted by atomic mass is 35.5. The monoisotopic (exact) mass is 306 g/mol. The third-order valence-corrected chi connectivity index (χ3v) is 5.13. The van der Waals surface area contributed by atoms with Gasteiger partial charge in [-0.25, -0.2) is 9.67 Å².